The van der Waals surface area contributed by atoms with E-state index in [0.717, 1.165) is 0 Å². The third-order valence-electron chi connectivity index (χ3n) is 1.60. The molecule has 0 aromatic heterocycles. The molecular weight excluding hydrogens is 213 g/mol. The van der Waals surface area contributed by atoms with Gasteiger partial charge in [-0.25, -0.2) is 0 Å². The molecule has 0 amide bonds. The van der Waals surface area contributed by atoms with Crippen molar-refractivity contribution < 1.29 is 4.79 Å². The Morgan fingerprint density at radius 1 is 1.18 bits per heavy atom. The summed E-state index contributed by atoms with van der Waals surface area (Å²) in [7, 11) is -1.35. The van der Waals surface area contributed by atoms with Crippen LogP contribution in [-0.4, -0.2) is 27.3 Å². The fraction of sp³-hybridized carbons (Fsp3) is 0.750. The summed E-state index contributed by atoms with van der Waals surface area (Å²) < 4.78 is 1.18. The minimum absolute atomic E-state index is 1.18. The molecule has 0 heterocycles. The van der Waals surface area contributed by atoms with Crippen LogP contribution in [0, 0.1) is 0 Å². The predicted molar refractivity (Wildman–Crippen MR) is 55.9 cm³/mol. The Morgan fingerprint density at radius 3 is 1.55 bits per heavy atom. The van der Waals surface area contributed by atoms with Crippen molar-refractivity contribution in [3.8, 4) is 0 Å². The van der Waals surface area contributed by atoms with Gasteiger partial charge in [0.2, 0.25) is 0 Å². The van der Waals surface area contributed by atoms with Crippen LogP contribution in [-0.2, 0) is 4.79 Å². The molecule has 0 rings (SSSR count). The zero-order valence-corrected chi connectivity index (χ0v) is 11.5. The molecule has 0 aromatic carbocycles. The Kier molecular flexibility index (Phi) is 3.36. The van der Waals surface area contributed by atoms with Gasteiger partial charge in [-0.15, -0.1) is 0 Å². The summed E-state index contributed by atoms with van der Waals surface area (Å²) in [5.41, 5.74) is 0. The molecule has 0 N–H and O–H groups in total. The molecule has 0 aliphatic heterocycles. The van der Waals surface area contributed by atoms with Gasteiger partial charge in [-0.3, -0.25) is 0 Å². The number of rotatable bonds is 2. The molecule has 0 saturated heterocycles. The van der Waals surface area contributed by atoms with Crippen molar-refractivity contribution in [2.24, 2.45) is 0 Å². The average molecular weight is 231 g/mol. The van der Waals surface area contributed by atoms with Crippen molar-refractivity contribution in [1.82, 2.24) is 0 Å². The number of hydrogen-bond donors (Lipinski definition) is 0. The Hall–Kier alpha value is 0.210. The third kappa shape index (κ3) is 3.41. The van der Waals surface area contributed by atoms with E-state index >= 15 is 0 Å². The fourth-order valence-corrected chi connectivity index (χ4v) is 18.8. The molecule has 0 spiro atoms. The third-order valence-corrected chi connectivity index (χ3v) is 15.2. The molecule has 64 valence electrons. The first-order valence-corrected chi connectivity index (χ1v) is 14.8. The van der Waals surface area contributed by atoms with Crippen LogP contribution in [0.1, 0.15) is 0 Å². The van der Waals surface area contributed by atoms with Crippen LogP contribution < -0.4 is 0 Å². The van der Waals surface area contributed by atoms with Crippen LogP contribution in [0.25, 0.3) is 0 Å². The second-order valence-corrected chi connectivity index (χ2v) is 21.5. The van der Waals surface area contributed by atoms with Crippen molar-refractivity contribution in [3.05, 3.63) is 4.03 Å². The van der Waals surface area contributed by atoms with E-state index in [1.54, 1.807) is 0 Å². The van der Waals surface area contributed by atoms with E-state index in [0.29, 0.717) is 0 Å². The van der Waals surface area contributed by atoms with Gasteiger partial charge in [0, 0.05) is 0 Å². The summed E-state index contributed by atoms with van der Waals surface area (Å²) in [6.45, 7) is 6.68. The summed E-state index contributed by atoms with van der Waals surface area (Å²) in [5.74, 6) is 8.98. The van der Waals surface area contributed by atoms with E-state index in [-0.39, 0.29) is 0 Å². The van der Waals surface area contributed by atoms with Crippen molar-refractivity contribution >= 4 is 27.3 Å². The maximum atomic E-state index is 10.7. The van der Waals surface area contributed by atoms with E-state index in [2.05, 4.69) is 42.9 Å². The Labute approximate surface area is 73.2 Å². The zero-order valence-electron chi connectivity index (χ0n) is 8.41. The van der Waals surface area contributed by atoms with E-state index in [1.807, 2.05) is 0 Å². The summed E-state index contributed by atoms with van der Waals surface area (Å²) >= 11 is -1.85. The van der Waals surface area contributed by atoms with Crippen molar-refractivity contribution in [1.29, 1.82) is 0 Å². The summed E-state index contributed by atoms with van der Waals surface area (Å²) in [6.07, 6.45) is 0. The van der Waals surface area contributed by atoms with Gasteiger partial charge < -0.3 is 0 Å². The van der Waals surface area contributed by atoms with Gasteiger partial charge in [0.25, 0.3) is 0 Å². The van der Waals surface area contributed by atoms with E-state index in [9.17, 15) is 4.79 Å². The SMILES string of the molecule is C[Si](C)(C)[C](=C=O)[Ge]([CH3])([CH3])[CH3]. The van der Waals surface area contributed by atoms with Crippen molar-refractivity contribution in [2.75, 3.05) is 0 Å². The summed E-state index contributed by atoms with van der Waals surface area (Å²) in [6, 6.07) is 0. The Morgan fingerprint density at radius 2 is 1.55 bits per heavy atom. The quantitative estimate of drug-likeness (QED) is 0.527. The minimum atomic E-state index is -1.85. The Balaban J connectivity index is 4.90. The molecule has 0 fully saturated rings. The predicted octanol–water partition coefficient (Wildman–Crippen LogP) is 2.50. The Bertz CT molecular complexity index is 175. The van der Waals surface area contributed by atoms with Crippen LogP contribution in [0.3, 0.4) is 0 Å². The molecule has 0 aliphatic rings. The molecule has 1 nitrogen and oxygen atoms in total. The first-order chi connectivity index (χ1) is 4.69. The first-order valence-electron chi connectivity index (χ1n) is 3.95. The average Bonchev–Trinajstić information content (AvgIpc) is 1.56. The molecular formula is C8H18GeOSi. The normalized spacial score (nSPS) is 12.5. The van der Waals surface area contributed by atoms with Gasteiger partial charge in [-0.2, -0.15) is 0 Å². The monoisotopic (exact) mass is 232 g/mol. The zero-order chi connectivity index (χ0) is 9.28. The van der Waals surface area contributed by atoms with Crippen LogP contribution in [0.4, 0.5) is 0 Å². The molecule has 0 aromatic rings. The summed E-state index contributed by atoms with van der Waals surface area (Å²) in [5, 5.41) is 0. The van der Waals surface area contributed by atoms with Gasteiger partial charge in [0.15, 0.2) is 0 Å². The fourth-order valence-electron chi connectivity index (χ4n) is 1.43. The van der Waals surface area contributed by atoms with Crippen LogP contribution in [0.2, 0.25) is 36.9 Å². The van der Waals surface area contributed by atoms with Crippen LogP contribution >= 0.6 is 0 Å². The maximum absolute atomic E-state index is 10.7. The molecule has 3 heteroatoms. The second-order valence-electron chi connectivity index (χ2n) is 4.98. The second kappa shape index (κ2) is 3.30. The molecule has 0 bridgehead atoms. The number of carbonyl (C=O) groups excluding carboxylic acids is 1. The van der Waals surface area contributed by atoms with Gasteiger partial charge in [-0.05, 0) is 0 Å². The van der Waals surface area contributed by atoms with Crippen LogP contribution in [0.15, 0.2) is 4.03 Å². The van der Waals surface area contributed by atoms with Crippen molar-refractivity contribution in [3.63, 3.8) is 0 Å². The summed E-state index contributed by atoms with van der Waals surface area (Å²) in [4.78, 5) is 10.7. The van der Waals surface area contributed by atoms with Gasteiger partial charge >= 0.3 is 73.0 Å². The molecule has 0 aliphatic carbocycles. The molecule has 0 saturated carbocycles. The van der Waals surface area contributed by atoms with Gasteiger partial charge in [0.05, 0.1) is 0 Å². The number of hydrogen-bond acceptors (Lipinski definition) is 1. The van der Waals surface area contributed by atoms with E-state index < -0.39 is 21.3 Å². The van der Waals surface area contributed by atoms with Gasteiger partial charge in [0.1, 0.15) is 0 Å². The van der Waals surface area contributed by atoms with Gasteiger partial charge in [-0.1, -0.05) is 0 Å². The van der Waals surface area contributed by atoms with Crippen LogP contribution in [0.5, 0.6) is 0 Å². The first kappa shape index (κ1) is 11.2. The molecule has 0 unspecified atom stereocenters. The van der Waals surface area contributed by atoms with Crippen molar-refractivity contribution in [2.45, 2.75) is 36.9 Å². The molecule has 0 radical (unpaired) electrons. The molecule has 0 atom stereocenters. The molecule has 11 heavy (non-hydrogen) atoms. The standard InChI is InChI=1S/C8H18GeOSi/c1-9(2,3)8(7-10)11(4,5)6/h1-6H3. The topological polar surface area (TPSA) is 17.1 Å². The van der Waals surface area contributed by atoms with E-state index in [1.165, 1.54) is 4.03 Å². The van der Waals surface area contributed by atoms with E-state index in [4.69, 9.17) is 0 Å².